The molecule has 1 atom stereocenters. The van der Waals surface area contributed by atoms with Crippen LogP contribution >= 0.6 is 0 Å². The van der Waals surface area contributed by atoms with Crippen LogP contribution in [0.15, 0.2) is 65.6 Å². The molecule has 0 aliphatic carbocycles. The van der Waals surface area contributed by atoms with Gasteiger partial charge in [0.2, 0.25) is 0 Å². The van der Waals surface area contributed by atoms with Crippen LogP contribution in [-0.2, 0) is 10.0 Å². The fraction of sp³-hybridized carbons (Fsp3) is 0.208. The van der Waals surface area contributed by atoms with Crippen LogP contribution in [0.25, 0.3) is 0 Å². The van der Waals surface area contributed by atoms with E-state index in [0.717, 1.165) is 11.6 Å². The van der Waals surface area contributed by atoms with Crippen LogP contribution < -0.4 is 19.5 Å². The maximum absolute atomic E-state index is 13.9. The summed E-state index contributed by atoms with van der Waals surface area (Å²) in [5, 5.41) is 2.87. The Morgan fingerprint density at radius 3 is 2.33 bits per heavy atom. The lowest BCUT2D eigenvalue weighted by molar-refractivity contribution is 0.0939. The van der Waals surface area contributed by atoms with E-state index in [9.17, 15) is 17.6 Å². The Morgan fingerprint density at radius 2 is 1.67 bits per heavy atom. The Bertz CT molecular complexity index is 1280. The third-order valence-electron chi connectivity index (χ3n) is 5.14. The van der Waals surface area contributed by atoms with Gasteiger partial charge < -0.3 is 14.8 Å². The van der Waals surface area contributed by atoms with Gasteiger partial charge in [-0.15, -0.1) is 0 Å². The van der Waals surface area contributed by atoms with Crippen LogP contribution in [0, 0.1) is 12.7 Å². The van der Waals surface area contributed by atoms with E-state index in [0.29, 0.717) is 17.1 Å². The molecule has 0 radical (unpaired) electrons. The molecule has 0 aliphatic rings. The van der Waals surface area contributed by atoms with Crippen LogP contribution in [0.2, 0.25) is 0 Å². The van der Waals surface area contributed by atoms with Gasteiger partial charge in [-0.05, 0) is 61.4 Å². The van der Waals surface area contributed by atoms with Crippen molar-refractivity contribution in [2.45, 2.75) is 24.8 Å². The van der Waals surface area contributed by atoms with Gasteiger partial charge in [0.1, 0.15) is 5.82 Å². The molecule has 0 spiro atoms. The number of rotatable bonds is 8. The van der Waals surface area contributed by atoms with Gasteiger partial charge in [-0.2, -0.15) is 0 Å². The number of hydrogen-bond acceptors (Lipinski definition) is 5. The van der Waals surface area contributed by atoms with Crippen molar-refractivity contribution in [1.29, 1.82) is 0 Å². The number of halogens is 1. The fourth-order valence-corrected chi connectivity index (χ4v) is 4.33. The van der Waals surface area contributed by atoms with Crippen molar-refractivity contribution in [1.82, 2.24) is 5.32 Å². The summed E-state index contributed by atoms with van der Waals surface area (Å²) in [5.74, 6) is -0.0527. The summed E-state index contributed by atoms with van der Waals surface area (Å²) in [7, 11) is -1.05. The van der Waals surface area contributed by atoms with Crippen LogP contribution in [0.5, 0.6) is 11.5 Å². The minimum atomic E-state index is -4.11. The molecular weight excluding hydrogens is 447 g/mol. The number of anilines is 1. The zero-order valence-electron chi connectivity index (χ0n) is 18.7. The van der Waals surface area contributed by atoms with Gasteiger partial charge in [-0.1, -0.05) is 24.3 Å². The van der Waals surface area contributed by atoms with Gasteiger partial charge in [0.15, 0.2) is 11.5 Å². The molecule has 0 aromatic heterocycles. The molecule has 3 rings (SSSR count). The maximum atomic E-state index is 13.9. The highest BCUT2D eigenvalue weighted by Gasteiger charge is 2.21. The topological polar surface area (TPSA) is 93.7 Å². The summed E-state index contributed by atoms with van der Waals surface area (Å²) in [6.07, 6.45) is 0. The molecule has 1 amide bonds. The van der Waals surface area contributed by atoms with E-state index in [-0.39, 0.29) is 16.1 Å². The molecule has 0 saturated carbocycles. The summed E-state index contributed by atoms with van der Waals surface area (Å²) in [6, 6.07) is 14.5. The smallest absolute Gasteiger partial charge is 0.262 e. The van der Waals surface area contributed by atoms with E-state index in [1.807, 2.05) is 0 Å². The van der Waals surface area contributed by atoms with Gasteiger partial charge in [-0.25, -0.2) is 12.8 Å². The lowest BCUT2D eigenvalue weighted by Crippen LogP contribution is -2.27. The number of carbonyl (C=O) groups is 1. The molecule has 3 aromatic carbocycles. The number of amides is 1. The van der Waals surface area contributed by atoms with Crippen molar-refractivity contribution < 1.29 is 27.1 Å². The zero-order chi connectivity index (χ0) is 24.2. The zero-order valence-corrected chi connectivity index (χ0v) is 19.5. The largest absolute Gasteiger partial charge is 0.493 e. The van der Waals surface area contributed by atoms with Crippen molar-refractivity contribution >= 4 is 21.6 Å². The molecular formula is C24H25FN2O5S. The minimum Gasteiger partial charge on any atom is -0.493 e. The number of aryl methyl sites for hydroxylation is 1. The van der Waals surface area contributed by atoms with Gasteiger partial charge in [0.25, 0.3) is 15.9 Å². The third-order valence-corrected chi connectivity index (χ3v) is 6.50. The van der Waals surface area contributed by atoms with Crippen LogP contribution in [0.3, 0.4) is 0 Å². The summed E-state index contributed by atoms with van der Waals surface area (Å²) in [5.41, 5.74) is 1.39. The normalized spacial score (nSPS) is 12.0. The average Bonchev–Trinajstić information content (AvgIpc) is 2.79. The monoisotopic (exact) mass is 472 g/mol. The Kier molecular flexibility index (Phi) is 7.23. The van der Waals surface area contributed by atoms with Crippen molar-refractivity contribution in [3.8, 4) is 11.5 Å². The quantitative estimate of drug-likeness (QED) is 0.506. The molecule has 0 fully saturated rings. The van der Waals surface area contributed by atoms with Crippen molar-refractivity contribution in [3.63, 3.8) is 0 Å². The van der Waals surface area contributed by atoms with E-state index in [4.69, 9.17) is 9.47 Å². The first kappa shape index (κ1) is 24.1. The summed E-state index contributed by atoms with van der Waals surface area (Å²) in [4.78, 5) is 12.8. The predicted molar refractivity (Wildman–Crippen MR) is 124 cm³/mol. The second kappa shape index (κ2) is 9.91. The molecule has 174 valence electrons. The fourth-order valence-electron chi connectivity index (χ4n) is 3.24. The maximum Gasteiger partial charge on any atom is 0.262 e. The lowest BCUT2D eigenvalue weighted by Gasteiger charge is -2.18. The SMILES string of the molecule is COc1ccc(C(C)NC(=O)c2cc(S(=O)(=O)Nc3ccccc3F)ccc2C)cc1OC. The molecule has 7 nitrogen and oxygen atoms in total. The molecule has 0 aliphatic heterocycles. The Morgan fingerprint density at radius 1 is 0.970 bits per heavy atom. The van der Waals surface area contributed by atoms with Crippen LogP contribution in [-0.4, -0.2) is 28.5 Å². The Hall–Kier alpha value is -3.59. The Balaban J connectivity index is 1.84. The average molecular weight is 473 g/mol. The molecule has 33 heavy (non-hydrogen) atoms. The van der Waals surface area contributed by atoms with Crippen molar-refractivity contribution in [2.75, 3.05) is 18.9 Å². The molecule has 3 aromatic rings. The van der Waals surface area contributed by atoms with Crippen molar-refractivity contribution in [3.05, 3.63) is 83.2 Å². The molecule has 0 heterocycles. The standard InChI is InChI=1S/C24H25FN2O5S/c1-15-9-11-18(33(29,30)27-21-8-6-5-7-20(21)25)14-19(15)24(28)26-16(2)17-10-12-22(31-3)23(13-17)32-4/h5-14,16,27H,1-4H3,(H,26,28). The number of methoxy groups -OCH3 is 2. The van der Waals surface area contributed by atoms with Gasteiger partial charge in [0, 0.05) is 5.56 Å². The summed E-state index contributed by atoms with van der Waals surface area (Å²) >= 11 is 0. The molecule has 1 unspecified atom stereocenters. The summed E-state index contributed by atoms with van der Waals surface area (Å²) < 4.78 is 52.2. The molecule has 9 heteroatoms. The molecule has 2 N–H and O–H groups in total. The molecule has 0 saturated heterocycles. The number of ether oxygens (including phenoxy) is 2. The lowest BCUT2D eigenvalue weighted by atomic mass is 10.1. The van der Waals surface area contributed by atoms with E-state index in [1.54, 1.807) is 32.0 Å². The number of nitrogens with one attached hydrogen (secondary N) is 2. The predicted octanol–water partition coefficient (Wildman–Crippen LogP) is 4.44. The van der Waals surface area contributed by atoms with Crippen LogP contribution in [0.1, 0.15) is 34.5 Å². The summed E-state index contributed by atoms with van der Waals surface area (Å²) in [6.45, 7) is 3.51. The van der Waals surface area contributed by atoms with Gasteiger partial charge >= 0.3 is 0 Å². The van der Waals surface area contributed by atoms with Gasteiger partial charge in [-0.3, -0.25) is 9.52 Å². The number of benzene rings is 3. The van der Waals surface area contributed by atoms with E-state index < -0.39 is 27.8 Å². The number of para-hydroxylation sites is 1. The second-order valence-corrected chi connectivity index (χ2v) is 9.05. The molecule has 0 bridgehead atoms. The third kappa shape index (κ3) is 5.43. The minimum absolute atomic E-state index is 0.153. The van der Waals surface area contributed by atoms with Crippen LogP contribution in [0.4, 0.5) is 10.1 Å². The Labute approximate surface area is 192 Å². The van der Waals surface area contributed by atoms with Crippen molar-refractivity contribution in [2.24, 2.45) is 0 Å². The number of sulfonamides is 1. The van der Waals surface area contributed by atoms with Gasteiger partial charge in [0.05, 0.1) is 30.8 Å². The highest BCUT2D eigenvalue weighted by molar-refractivity contribution is 7.92. The first-order chi connectivity index (χ1) is 15.7. The second-order valence-electron chi connectivity index (χ2n) is 7.37. The number of carbonyl (C=O) groups excluding carboxylic acids is 1. The first-order valence-corrected chi connectivity index (χ1v) is 11.6. The first-order valence-electron chi connectivity index (χ1n) is 10.1. The van der Waals surface area contributed by atoms with E-state index in [2.05, 4.69) is 10.0 Å². The highest BCUT2D eigenvalue weighted by Crippen LogP contribution is 2.30. The number of hydrogen-bond donors (Lipinski definition) is 2. The highest BCUT2D eigenvalue weighted by atomic mass is 32.2. The van der Waals surface area contributed by atoms with E-state index in [1.165, 1.54) is 50.6 Å². The van der Waals surface area contributed by atoms with E-state index >= 15 is 0 Å².